The summed E-state index contributed by atoms with van der Waals surface area (Å²) in [5.74, 6) is 0.132. The zero-order chi connectivity index (χ0) is 17.1. The van der Waals surface area contributed by atoms with E-state index in [1.807, 2.05) is 0 Å². The summed E-state index contributed by atoms with van der Waals surface area (Å²) in [5, 5.41) is 5.54. The van der Waals surface area contributed by atoms with Gasteiger partial charge in [0.15, 0.2) is 10.4 Å². The van der Waals surface area contributed by atoms with Crippen LogP contribution in [0.1, 0.15) is 33.8 Å². The Kier molecular flexibility index (Phi) is 5.01. The lowest BCUT2D eigenvalue weighted by atomic mass is 10.1. The zero-order valence-corrected chi connectivity index (χ0v) is 14.5. The maximum absolute atomic E-state index is 12.2. The topological polar surface area (TPSA) is 97.4 Å². The van der Waals surface area contributed by atoms with Crippen LogP contribution >= 0.6 is 15.9 Å². The molecule has 2 amide bonds. The second-order valence-electron chi connectivity index (χ2n) is 5.85. The second kappa shape index (κ2) is 7.19. The molecule has 126 valence electrons. The van der Waals surface area contributed by atoms with Gasteiger partial charge in [-0.25, -0.2) is 0 Å². The Morgan fingerprint density at radius 3 is 2.71 bits per heavy atom. The zero-order valence-electron chi connectivity index (χ0n) is 12.9. The summed E-state index contributed by atoms with van der Waals surface area (Å²) >= 11 is 3.15. The van der Waals surface area contributed by atoms with Crippen LogP contribution in [0.2, 0.25) is 0 Å². The molecule has 1 aliphatic carbocycles. The molecule has 1 fully saturated rings. The van der Waals surface area contributed by atoms with Gasteiger partial charge < -0.3 is 20.8 Å². The summed E-state index contributed by atoms with van der Waals surface area (Å²) in [4.78, 5) is 24.3. The van der Waals surface area contributed by atoms with E-state index in [4.69, 9.17) is 10.2 Å². The van der Waals surface area contributed by atoms with Gasteiger partial charge in [-0.05, 0) is 65.0 Å². The first kappa shape index (κ1) is 16.7. The van der Waals surface area contributed by atoms with Crippen molar-refractivity contribution >= 4 is 33.4 Å². The molecular weight excluding hydrogens is 374 g/mol. The molecule has 6 nitrogen and oxygen atoms in total. The predicted octanol–water partition coefficient (Wildman–Crippen LogP) is 2.76. The number of amides is 2. The van der Waals surface area contributed by atoms with E-state index in [9.17, 15) is 9.59 Å². The van der Waals surface area contributed by atoms with E-state index in [-0.39, 0.29) is 23.6 Å². The standard InChI is InChI=1S/C17H18BrN3O3/c18-15-7-6-14(24-15)17(23)21-12-3-1-2-11(8-12)16(22)20-9-13(19)10-4-5-10/h1-3,6-8,10,13H,4-5,9,19H2,(H,20,22)(H,21,23). The molecule has 1 unspecified atom stereocenters. The first-order valence-electron chi connectivity index (χ1n) is 7.73. The van der Waals surface area contributed by atoms with Gasteiger partial charge in [-0.1, -0.05) is 6.07 Å². The van der Waals surface area contributed by atoms with Crippen LogP contribution in [-0.4, -0.2) is 24.4 Å². The summed E-state index contributed by atoms with van der Waals surface area (Å²) in [5.41, 5.74) is 6.97. The molecule has 1 aromatic heterocycles. The maximum Gasteiger partial charge on any atom is 0.291 e. The highest BCUT2D eigenvalue weighted by molar-refractivity contribution is 9.10. The smallest absolute Gasteiger partial charge is 0.291 e. The molecule has 4 N–H and O–H groups in total. The number of rotatable bonds is 6. The summed E-state index contributed by atoms with van der Waals surface area (Å²) in [6.07, 6.45) is 2.28. The minimum atomic E-state index is -0.381. The molecule has 2 aromatic rings. The normalized spacial score (nSPS) is 14.9. The maximum atomic E-state index is 12.2. The Labute approximate surface area is 147 Å². The van der Waals surface area contributed by atoms with Gasteiger partial charge in [0.1, 0.15) is 0 Å². The lowest BCUT2D eigenvalue weighted by molar-refractivity contribution is 0.0948. The van der Waals surface area contributed by atoms with E-state index in [0.717, 1.165) is 12.8 Å². The van der Waals surface area contributed by atoms with Crippen molar-refractivity contribution in [2.75, 3.05) is 11.9 Å². The van der Waals surface area contributed by atoms with Crippen LogP contribution in [0.25, 0.3) is 0 Å². The summed E-state index contributed by atoms with van der Waals surface area (Å²) in [7, 11) is 0. The third-order valence-corrected chi connectivity index (χ3v) is 4.33. The van der Waals surface area contributed by atoms with Gasteiger partial charge in [-0.15, -0.1) is 0 Å². The number of nitrogens with two attached hydrogens (primary N) is 1. The van der Waals surface area contributed by atoms with Crippen molar-refractivity contribution in [2.24, 2.45) is 11.7 Å². The third kappa shape index (κ3) is 4.24. The number of carbonyl (C=O) groups excluding carboxylic acids is 2. The van der Waals surface area contributed by atoms with Crippen LogP contribution in [0.5, 0.6) is 0 Å². The molecule has 0 bridgehead atoms. The number of carbonyl (C=O) groups is 2. The van der Waals surface area contributed by atoms with Crippen molar-refractivity contribution in [3.8, 4) is 0 Å². The molecule has 24 heavy (non-hydrogen) atoms. The van der Waals surface area contributed by atoms with Gasteiger partial charge in [0, 0.05) is 23.8 Å². The minimum Gasteiger partial charge on any atom is -0.444 e. The summed E-state index contributed by atoms with van der Waals surface area (Å²) < 4.78 is 5.68. The van der Waals surface area contributed by atoms with E-state index >= 15 is 0 Å². The van der Waals surface area contributed by atoms with E-state index in [1.54, 1.807) is 36.4 Å². The van der Waals surface area contributed by atoms with E-state index in [2.05, 4.69) is 26.6 Å². The van der Waals surface area contributed by atoms with Gasteiger partial charge in [0.05, 0.1) is 0 Å². The molecule has 3 rings (SSSR count). The van der Waals surface area contributed by atoms with Crippen LogP contribution in [-0.2, 0) is 0 Å². The van der Waals surface area contributed by atoms with E-state index in [1.165, 1.54) is 0 Å². The van der Waals surface area contributed by atoms with Gasteiger partial charge in [-0.2, -0.15) is 0 Å². The molecule has 1 heterocycles. The quantitative estimate of drug-likeness (QED) is 0.704. The van der Waals surface area contributed by atoms with Crippen molar-refractivity contribution < 1.29 is 14.0 Å². The minimum absolute atomic E-state index is 0.00855. The lowest BCUT2D eigenvalue weighted by Gasteiger charge is -2.12. The summed E-state index contributed by atoms with van der Waals surface area (Å²) in [6.45, 7) is 0.459. The molecule has 1 aliphatic rings. The Morgan fingerprint density at radius 1 is 1.25 bits per heavy atom. The number of halogens is 1. The highest BCUT2D eigenvalue weighted by Gasteiger charge is 2.28. The fraction of sp³-hybridized carbons (Fsp3) is 0.294. The summed E-state index contributed by atoms with van der Waals surface area (Å²) in [6, 6.07) is 9.95. The Hall–Kier alpha value is -2.12. The molecule has 0 aliphatic heterocycles. The lowest BCUT2D eigenvalue weighted by Crippen LogP contribution is -2.38. The number of furan rings is 1. The predicted molar refractivity (Wildman–Crippen MR) is 93.8 cm³/mol. The first-order valence-corrected chi connectivity index (χ1v) is 8.53. The number of anilines is 1. The molecule has 0 radical (unpaired) electrons. The van der Waals surface area contributed by atoms with Crippen molar-refractivity contribution in [1.82, 2.24) is 5.32 Å². The molecule has 1 saturated carbocycles. The van der Waals surface area contributed by atoms with Crippen LogP contribution in [0.15, 0.2) is 45.5 Å². The molecule has 0 spiro atoms. The Morgan fingerprint density at radius 2 is 2.04 bits per heavy atom. The van der Waals surface area contributed by atoms with Gasteiger partial charge in [-0.3, -0.25) is 9.59 Å². The van der Waals surface area contributed by atoms with E-state index < -0.39 is 0 Å². The Bertz CT molecular complexity index is 755. The van der Waals surface area contributed by atoms with Crippen molar-refractivity contribution in [2.45, 2.75) is 18.9 Å². The monoisotopic (exact) mass is 391 g/mol. The van der Waals surface area contributed by atoms with Crippen molar-refractivity contribution in [3.05, 3.63) is 52.4 Å². The highest BCUT2D eigenvalue weighted by Crippen LogP contribution is 2.31. The SMILES string of the molecule is NC(CNC(=O)c1cccc(NC(=O)c2ccc(Br)o2)c1)C1CC1. The second-order valence-corrected chi connectivity index (χ2v) is 6.63. The number of benzene rings is 1. The highest BCUT2D eigenvalue weighted by atomic mass is 79.9. The van der Waals surface area contributed by atoms with Gasteiger partial charge in [0.2, 0.25) is 0 Å². The van der Waals surface area contributed by atoms with Crippen LogP contribution < -0.4 is 16.4 Å². The number of nitrogens with one attached hydrogen (secondary N) is 2. The molecule has 1 aromatic carbocycles. The molecule has 7 heteroatoms. The van der Waals surface area contributed by atoms with Crippen molar-refractivity contribution in [3.63, 3.8) is 0 Å². The fourth-order valence-corrected chi connectivity index (χ4v) is 2.68. The van der Waals surface area contributed by atoms with Gasteiger partial charge in [0.25, 0.3) is 11.8 Å². The molecular formula is C17H18BrN3O3. The first-order chi connectivity index (χ1) is 11.5. The molecule has 0 saturated heterocycles. The van der Waals surface area contributed by atoms with Crippen LogP contribution in [0.3, 0.4) is 0 Å². The van der Waals surface area contributed by atoms with Crippen LogP contribution in [0.4, 0.5) is 5.69 Å². The average Bonchev–Trinajstić information content (AvgIpc) is 3.33. The largest absolute Gasteiger partial charge is 0.444 e. The number of hydrogen-bond donors (Lipinski definition) is 3. The van der Waals surface area contributed by atoms with Crippen molar-refractivity contribution in [1.29, 1.82) is 0 Å². The molecule has 1 atom stereocenters. The van der Waals surface area contributed by atoms with Gasteiger partial charge >= 0.3 is 0 Å². The number of hydrogen-bond acceptors (Lipinski definition) is 4. The average molecular weight is 392 g/mol. The van der Waals surface area contributed by atoms with E-state index in [0.29, 0.717) is 28.4 Å². The Balaban J connectivity index is 1.60. The third-order valence-electron chi connectivity index (χ3n) is 3.91. The fourth-order valence-electron chi connectivity index (χ4n) is 2.37. The van der Waals surface area contributed by atoms with Crippen LogP contribution in [0, 0.1) is 5.92 Å².